The fourth-order valence-electron chi connectivity index (χ4n) is 3.55. The number of hydrogen-bond acceptors (Lipinski definition) is 5. The van der Waals surface area contributed by atoms with E-state index in [-0.39, 0.29) is 11.6 Å². The zero-order valence-corrected chi connectivity index (χ0v) is 16.2. The Morgan fingerprint density at radius 2 is 1.97 bits per heavy atom. The minimum absolute atomic E-state index is 0.0303. The predicted octanol–water partition coefficient (Wildman–Crippen LogP) is 4.55. The van der Waals surface area contributed by atoms with E-state index in [0.717, 1.165) is 18.4 Å². The maximum absolute atomic E-state index is 13.9. The second-order valence-corrected chi connectivity index (χ2v) is 7.09. The van der Waals surface area contributed by atoms with Crippen LogP contribution in [0.2, 0.25) is 0 Å². The summed E-state index contributed by atoms with van der Waals surface area (Å²) < 4.78 is 24.3. The van der Waals surface area contributed by atoms with Crippen molar-refractivity contribution < 1.29 is 18.6 Å². The number of halogens is 1. The van der Waals surface area contributed by atoms with Gasteiger partial charge in [0.15, 0.2) is 23.4 Å². The molecule has 2 aromatic carbocycles. The summed E-state index contributed by atoms with van der Waals surface area (Å²) in [5.41, 5.74) is 3.95. The summed E-state index contributed by atoms with van der Waals surface area (Å²) in [4.78, 5) is 12.7. The SMILES string of the molecule is CCC(Oc1ccccc1F)C(=O)Nc1nonc1-c1ccc2c(c1)CCCC2. The Morgan fingerprint density at radius 3 is 2.76 bits per heavy atom. The van der Waals surface area contributed by atoms with E-state index >= 15 is 0 Å². The third-order valence-electron chi connectivity index (χ3n) is 5.12. The predicted molar refractivity (Wildman–Crippen MR) is 106 cm³/mol. The highest BCUT2D eigenvalue weighted by Gasteiger charge is 2.24. The first-order valence-corrected chi connectivity index (χ1v) is 9.82. The highest BCUT2D eigenvalue weighted by molar-refractivity contribution is 5.96. The molecule has 3 aromatic rings. The Morgan fingerprint density at radius 1 is 1.17 bits per heavy atom. The normalized spacial score (nSPS) is 14.1. The van der Waals surface area contributed by atoms with Crippen LogP contribution in [0.3, 0.4) is 0 Å². The molecule has 0 radical (unpaired) electrons. The number of aromatic nitrogens is 2. The van der Waals surface area contributed by atoms with Crippen molar-refractivity contribution in [3.05, 3.63) is 59.4 Å². The number of amides is 1. The molecule has 0 bridgehead atoms. The van der Waals surface area contributed by atoms with Crippen molar-refractivity contribution in [1.82, 2.24) is 10.3 Å². The van der Waals surface area contributed by atoms with Crippen molar-refractivity contribution in [3.63, 3.8) is 0 Å². The van der Waals surface area contributed by atoms with Crippen LogP contribution in [0.1, 0.15) is 37.3 Å². The van der Waals surface area contributed by atoms with Gasteiger partial charge in [-0.1, -0.05) is 31.2 Å². The molecule has 0 aliphatic heterocycles. The molecule has 1 heterocycles. The maximum Gasteiger partial charge on any atom is 0.266 e. The number of rotatable bonds is 6. The lowest BCUT2D eigenvalue weighted by atomic mass is 9.90. The summed E-state index contributed by atoms with van der Waals surface area (Å²) in [6, 6.07) is 12.1. The molecule has 1 amide bonds. The van der Waals surface area contributed by atoms with E-state index in [9.17, 15) is 9.18 Å². The average molecular weight is 395 g/mol. The number of fused-ring (bicyclic) bond motifs is 1. The van der Waals surface area contributed by atoms with E-state index in [1.807, 2.05) is 6.07 Å². The molecule has 0 saturated carbocycles. The molecule has 1 N–H and O–H groups in total. The van der Waals surface area contributed by atoms with Crippen LogP contribution in [0.4, 0.5) is 10.2 Å². The maximum atomic E-state index is 13.9. The zero-order valence-electron chi connectivity index (χ0n) is 16.2. The van der Waals surface area contributed by atoms with Gasteiger partial charge in [-0.15, -0.1) is 0 Å². The lowest BCUT2D eigenvalue weighted by molar-refractivity contribution is -0.122. The second-order valence-electron chi connectivity index (χ2n) is 7.09. The van der Waals surface area contributed by atoms with Crippen molar-refractivity contribution in [2.75, 3.05) is 5.32 Å². The average Bonchev–Trinajstić information content (AvgIpc) is 3.20. The summed E-state index contributed by atoms with van der Waals surface area (Å²) in [5.74, 6) is -0.703. The minimum atomic E-state index is -0.875. The molecule has 1 aliphatic carbocycles. The second kappa shape index (κ2) is 8.43. The fourth-order valence-corrected chi connectivity index (χ4v) is 3.55. The van der Waals surface area contributed by atoms with Crippen molar-refractivity contribution in [2.24, 2.45) is 0 Å². The Balaban J connectivity index is 1.52. The van der Waals surface area contributed by atoms with Gasteiger partial charge in [0.25, 0.3) is 5.91 Å². The molecule has 29 heavy (non-hydrogen) atoms. The molecule has 4 rings (SSSR count). The van der Waals surface area contributed by atoms with E-state index < -0.39 is 17.8 Å². The number of ether oxygens (including phenoxy) is 1. The third-order valence-corrected chi connectivity index (χ3v) is 5.12. The summed E-state index contributed by atoms with van der Waals surface area (Å²) in [6.07, 6.45) is 3.98. The Bertz CT molecular complexity index is 1020. The van der Waals surface area contributed by atoms with E-state index in [0.29, 0.717) is 12.1 Å². The van der Waals surface area contributed by atoms with Crippen LogP contribution >= 0.6 is 0 Å². The number of benzene rings is 2. The molecule has 1 aliphatic rings. The molecule has 0 saturated heterocycles. The minimum Gasteiger partial charge on any atom is -0.478 e. The molecule has 150 valence electrons. The van der Waals surface area contributed by atoms with Crippen LogP contribution in [-0.4, -0.2) is 22.3 Å². The molecule has 1 atom stereocenters. The van der Waals surface area contributed by atoms with Gasteiger partial charge in [-0.3, -0.25) is 4.79 Å². The highest BCUT2D eigenvalue weighted by atomic mass is 19.1. The lowest BCUT2D eigenvalue weighted by Crippen LogP contribution is -2.32. The van der Waals surface area contributed by atoms with E-state index in [1.165, 1.54) is 36.1 Å². The summed E-state index contributed by atoms with van der Waals surface area (Å²) in [7, 11) is 0. The Hall–Kier alpha value is -3.22. The number of para-hydroxylation sites is 1. The smallest absolute Gasteiger partial charge is 0.266 e. The van der Waals surface area contributed by atoms with Crippen molar-refractivity contribution in [1.29, 1.82) is 0 Å². The molecule has 0 fully saturated rings. The lowest BCUT2D eigenvalue weighted by Gasteiger charge is -2.17. The largest absolute Gasteiger partial charge is 0.478 e. The molecular formula is C22H22FN3O3. The quantitative estimate of drug-likeness (QED) is 0.663. The first-order valence-electron chi connectivity index (χ1n) is 9.82. The van der Waals surface area contributed by atoms with Crippen LogP contribution in [0.5, 0.6) is 5.75 Å². The van der Waals surface area contributed by atoms with Crippen LogP contribution in [0.25, 0.3) is 11.3 Å². The van der Waals surface area contributed by atoms with Crippen molar-refractivity contribution >= 4 is 11.7 Å². The first kappa shape index (κ1) is 19.1. The van der Waals surface area contributed by atoms with Crippen molar-refractivity contribution in [3.8, 4) is 17.0 Å². The zero-order chi connectivity index (χ0) is 20.2. The fraction of sp³-hybridized carbons (Fsp3) is 0.318. The van der Waals surface area contributed by atoms with Gasteiger partial charge >= 0.3 is 0 Å². The molecular weight excluding hydrogens is 373 g/mol. The Kier molecular flexibility index (Phi) is 5.55. The summed E-state index contributed by atoms with van der Waals surface area (Å²) in [5, 5.41) is 10.5. The number of nitrogens with zero attached hydrogens (tertiary/aromatic N) is 2. The number of nitrogens with one attached hydrogen (secondary N) is 1. The van der Waals surface area contributed by atoms with Crippen molar-refractivity contribution in [2.45, 2.75) is 45.1 Å². The number of carbonyl (C=O) groups is 1. The van der Waals surface area contributed by atoms with Crippen LogP contribution in [0.15, 0.2) is 47.1 Å². The molecule has 6 nitrogen and oxygen atoms in total. The van der Waals surface area contributed by atoms with E-state index in [1.54, 1.807) is 19.1 Å². The number of anilines is 1. The van der Waals surface area contributed by atoms with E-state index in [4.69, 9.17) is 9.37 Å². The molecule has 1 aromatic heterocycles. The molecule has 1 unspecified atom stereocenters. The topological polar surface area (TPSA) is 77.2 Å². The number of hydrogen-bond donors (Lipinski definition) is 1. The summed E-state index contributed by atoms with van der Waals surface area (Å²) >= 11 is 0. The highest BCUT2D eigenvalue weighted by Crippen LogP contribution is 2.30. The molecule has 0 spiro atoms. The van der Waals surface area contributed by atoms with Gasteiger partial charge in [0.05, 0.1) is 0 Å². The van der Waals surface area contributed by atoms with Gasteiger partial charge in [0.1, 0.15) is 0 Å². The molecule has 7 heteroatoms. The first-order chi connectivity index (χ1) is 14.2. The van der Waals surface area contributed by atoms with Gasteiger partial charge in [-0.25, -0.2) is 9.02 Å². The van der Waals surface area contributed by atoms with Crippen LogP contribution in [0, 0.1) is 5.82 Å². The van der Waals surface area contributed by atoms with Gasteiger partial charge in [-0.2, -0.15) is 0 Å². The Labute approximate surface area is 168 Å². The van der Waals surface area contributed by atoms with Gasteiger partial charge < -0.3 is 10.1 Å². The summed E-state index contributed by atoms with van der Waals surface area (Å²) in [6.45, 7) is 1.79. The third kappa shape index (κ3) is 4.13. The number of carbonyl (C=O) groups excluding carboxylic acids is 1. The standard InChI is InChI=1S/C22H22FN3O3/c1-2-18(28-19-10-6-5-9-17(19)23)22(27)24-21-20(25-29-26-21)16-12-11-14-7-3-4-8-15(14)13-16/h5-6,9-13,18H,2-4,7-8H2,1H3,(H,24,26,27). The monoisotopic (exact) mass is 395 g/mol. The van der Waals surface area contributed by atoms with Crippen LogP contribution in [-0.2, 0) is 17.6 Å². The van der Waals surface area contributed by atoms with Crippen LogP contribution < -0.4 is 10.1 Å². The van der Waals surface area contributed by atoms with E-state index in [2.05, 4.69) is 27.8 Å². The van der Waals surface area contributed by atoms with Gasteiger partial charge in [0, 0.05) is 5.56 Å². The van der Waals surface area contributed by atoms with Gasteiger partial charge in [0.2, 0.25) is 5.82 Å². The van der Waals surface area contributed by atoms with Gasteiger partial charge in [-0.05, 0) is 71.7 Å². The number of aryl methyl sites for hydroxylation is 2.